The van der Waals surface area contributed by atoms with E-state index in [1.807, 2.05) is 0 Å². The summed E-state index contributed by atoms with van der Waals surface area (Å²) in [5.74, 6) is 2.41. The number of aryl methyl sites for hydroxylation is 3. The van der Waals surface area contributed by atoms with Gasteiger partial charge < -0.3 is 9.30 Å². The van der Waals surface area contributed by atoms with Gasteiger partial charge in [0.1, 0.15) is 7.05 Å². The monoisotopic (exact) mass is 293 g/mol. The summed E-state index contributed by atoms with van der Waals surface area (Å²) < 4.78 is 10.7. The maximum atomic E-state index is 6.36. The van der Waals surface area contributed by atoms with Crippen LogP contribution in [0.1, 0.15) is 30.9 Å². The molecule has 0 atom stereocenters. The molecular weight excluding hydrogens is 272 g/mol. The molecule has 0 radical (unpaired) electrons. The maximum absolute atomic E-state index is 6.36. The minimum absolute atomic E-state index is 0.430. The van der Waals surface area contributed by atoms with Gasteiger partial charge in [-0.2, -0.15) is 4.57 Å². The molecular formula is C19H21N2O+. The summed E-state index contributed by atoms with van der Waals surface area (Å²) in [6, 6.07) is 6.56. The number of ether oxygens (including phenoxy) is 1. The van der Waals surface area contributed by atoms with Gasteiger partial charge in [0.15, 0.2) is 11.9 Å². The fourth-order valence-electron chi connectivity index (χ4n) is 3.53. The first-order valence-electron chi connectivity index (χ1n) is 7.78. The van der Waals surface area contributed by atoms with Crippen molar-refractivity contribution in [2.75, 3.05) is 0 Å². The largest absolute Gasteiger partial charge is 0.448 e. The van der Waals surface area contributed by atoms with E-state index in [0.29, 0.717) is 5.92 Å². The van der Waals surface area contributed by atoms with Crippen LogP contribution in [0.15, 0.2) is 30.6 Å². The number of rotatable bonds is 1. The molecule has 0 saturated carbocycles. The molecule has 3 nitrogen and oxygen atoms in total. The first-order chi connectivity index (χ1) is 10.5. The summed E-state index contributed by atoms with van der Waals surface area (Å²) in [6.45, 7) is 6.61. The molecule has 0 amide bonds. The minimum Gasteiger partial charge on any atom is -0.448 e. The van der Waals surface area contributed by atoms with Crippen molar-refractivity contribution in [2.45, 2.75) is 26.7 Å². The van der Waals surface area contributed by atoms with Gasteiger partial charge in [0.05, 0.1) is 16.5 Å². The van der Waals surface area contributed by atoms with E-state index in [0.717, 1.165) is 11.5 Å². The second-order valence-electron chi connectivity index (χ2n) is 6.57. The van der Waals surface area contributed by atoms with Crippen LogP contribution in [0.2, 0.25) is 0 Å². The SMILES string of the molecule is Cc1ccc2c3c(cn2C)Oc2c(C(C)C)cc[n+](C)c2-c13. The molecule has 2 aromatic heterocycles. The lowest BCUT2D eigenvalue weighted by atomic mass is 9.93. The zero-order valence-corrected chi connectivity index (χ0v) is 13.8. The lowest BCUT2D eigenvalue weighted by molar-refractivity contribution is -0.660. The second-order valence-corrected chi connectivity index (χ2v) is 6.57. The van der Waals surface area contributed by atoms with Crippen molar-refractivity contribution in [3.8, 4) is 22.8 Å². The Balaban J connectivity index is 2.19. The molecule has 3 heteroatoms. The molecule has 1 aromatic carbocycles. The summed E-state index contributed by atoms with van der Waals surface area (Å²) in [5.41, 5.74) is 6.27. The van der Waals surface area contributed by atoms with E-state index in [9.17, 15) is 0 Å². The summed E-state index contributed by atoms with van der Waals surface area (Å²) in [4.78, 5) is 0. The Bertz CT molecular complexity index is 919. The van der Waals surface area contributed by atoms with E-state index in [4.69, 9.17) is 4.74 Å². The third-order valence-electron chi connectivity index (χ3n) is 4.71. The predicted octanol–water partition coefficient (Wildman–Crippen LogP) is 4.21. The highest BCUT2D eigenvalue weighted by atomic mass is 16.5. The van der Waals surface area contributed by atoms with Gasteiger partial charge in [-0.1, -0.05) is 19.9 Å². The first kappa shape index (κ1) is 13.4. The van der Waals surface area contributed by atoms with Crippen molar-refractivity contribution in [3.63, 3.8) is 0 Å². The van der Waals surface area contributed by atoms with Crippen LogP contribution in [0.3, 0.4) is 0 Å². The van der Waals surface area contributed by atoms with Crippen LogP contribution in [0, 0.1) is 6.92 Å². The highest BCUT2D eigenvalue weighted by Crippen LogP contribution is 2.49. The number of fused-ring (bicyclic) bond motifs is 2. The maximum Gasteiger partial charge on any atom is 0.256 e. The first-order valence-corrected chi connectivity index (χ1v) is 7.78. The van der Waals surface area contributed by atoms with Gasteiger partial charge in [-0.25, -0.2) is 0 Å². The zero-order valence-electron chi connectivity index (χ0n) is 13.8. The van der Waals surface area contributed by atoms with Crippen LogP contribution in [0.25, 0.3) is 22.2 Å². The molecule has 3 heterocycles. The summed E-state index contributed by atoms with van der Waals surface area (Å²) >= 11 is 0. The second kappa shape index (κ2) is 4.35. The third-order valence-corrected chi connectivity index (χ3v) is 4.71. The van der Waals surface area contributed by atoms with Crippen molar-refractivity contribution < 1.29 is 9.30 Å². The Morgan fingerprint density at radius 1 is 1.18 bits per heavy atom. The number of benzene rings is 1. The molecule has 3 aromatic rings. The van der Waals surface area contributed by atoms with Gasteiger partial charge in [-0.3, -0.25) is 0 Å². The van der Waals surface area contributed by atoms with Crippen LogP contribution in [-0.4, -0.2) is 4.57 Å². The number of pyridine rings is 1. The normalized spacial score (nSPS) is 12.6. The summed E-state index contributed by atoms with van der Waals surface area (Å²) in [7, 11) is 4.17. The highest BCUT2D eigenvalue weighted by molar-refractivity contribution is 6.03. The Morgan fingerprint density at radius 2 is 1.95 bits per heavy atom. The van der Waals surface area contributed by atoms with Gasteiger partial charge >= 0.3 is 0 Å². The Labute approximate surface area is 130 Å². The minimum atomic E-state index is 0.430. The topological polar surface area (TPSA) is 18.0 Å². The lowest BCUT2D eigenvalue weighted by Gasteiger charge is -2.20. The molecule has 0 aliphatic carbocycles. The van der Waals surface area contributed by atoms with Gasteiger partial charge in [-0.05, 0) is 24.5 Å². The molecule has 0 bridgehead atoms. The quantitative estimate of drug-likeness (QED) is 0.481. The molecule has 1 aliphatic rings. The van der Waals surface area contributed by atoms with Gasteiger partial charge in [0, 0.05) is 24.9 Å². The summed E-state index contributed by atoms with van der Waals surface area (Å²) in [6.07, 6.45) is 4.23. The zero-order chi connectivity index (χ0) is 15.6. The lowest BCUT2D eigenvalue weighted by Crippen LogP contribution is -2.32. The van der Waals surface area contributed by atoms with Crippen LogP contribution >= 0.6 is 0 Å². The van der Waals surface area contributed by atoms with Crippen molar-refractivity contribution >= 4 is 10.9 Å². The van der Waals surface area contributed by atoms with Crippen molar-refractivity contribution in [3.05, 3.63) is 41.7 Å². The number of nitrogens with zero attached hydrogens (tertiary/aromatic N) is 2. The predicted molar refractivity (Wildman–Crippen MR) is 88.4 cm³/mol. The molecule has 0 saturated heterocycles. The van der Waals surface area contributed by atoms with E-state index in [2.05, 4.69) is 74.6 Å². The fraction of sp³-hybridized carbons (Fsp3) is 0.316. The summed E-state index contributed by atoms with van der Waals surface area (Å²) in [5, 5.41) is 1.23. The molecule has 1 aliphatic heterocycles. The van der Waals surface area contributed by atoms with Crippen LogP contribution < -0.4 is 9.30 Å². The molecule has 112 valence electrons. The number of hydrogen-bond acceptors (Lipinski definition) is 1. The Morgan fingerprint density at radius 3 is 2.68 bits per heavy atom. The molecule has 0 fully saturated rings. The molecule has 0 unspecified atom stereocenters. The van der Waals surface area contributed by atoms with Crippen LogP contribution in [0.4, 0.5) is 0 Å². The Kier molecular flexibility index (Phi) is 2.65. The van der Waals surface area contributed by atoms with Gasteiger partial charge in [0.2, 0.25) is 5.75 Å². The molecule has 0 N–H and O–H groups in total. The molecule has 4 rings (SSSR count). The van der Waals surface area contributed by atoms with Gasteiger partial charge in [-0.15, -0.1) is 0 Å². The van der Waals surface area contributed by atoms with E-state index in [-0.39, 0.29) is 0 Å². The van der Waals surface area contributed by atoms with Crippen molar-refractivity contribution in [2.24, 2.45) is 14.1 Å². The number of hydrogen-bond donors (Lipinski definition) is 0. The number of aromatic nitrogens is 2. The van der Waals surface area contributed by atoms with Crippen LogP contribution in [-0.2, 0) is 14.1 Å². The standard InChI is InChI=1S/C19H21N2O/c1-11(2)13-8-9-20(4)18-16-12(3)6-7-14-17(16)15(10-21(14)5)22-19(13)18/h6-11H,1-5H3/q+1. The smallest absolute Gasteiger partial charge is 0.256 e. The van der Waals surface area contributed by atoms with Gasteiger partial charge in [0.25, 0.3) is 5.69 Å². The molecule has 22 heavy (non-hydrogen) atoms. The average molecular weight is 293 g/mol. The molecule has 0 spiro atoms. The van der Waals surface area contributed by atoms with E-state index < -0.39 is 0 Å². The Hall–Kier alpha value is -2.29. The third kappa shape index (κ3) is 1.59. The fourth-order valence-corrected chi connectivity index (χ4v) is 3.53. The average Bonchev–Trinajstić information content (AvgIpc) is 2.78. The van der Waals surface area contributed by atoms with E-state index in [1.165, 1.54) is 33.3 Å². The van der Waals surface area contributed by atoms with Crippen molar-refractivity contribution in [1.82, 2.24) is 4.57 Å². The van der Waals surface area contributed by atoms with Crippen molar-refractivity contribution in [1.29, 1.82) is 0 Å². The van der Waals surface area contributed by atoms with E-state index >= 15 is 0 Å². The highest BCUT2D eigenvalue weighted by Gasteiger charge is 2.32. The van der Waals surface area contributed by atoms with Crippen LogP contribution in [0.5, 0.6) is 11.5 Å². The van der Waals surface area contributed by atoms with E-state index in [1.54, 1.807) is 0 Å².